The highest BCUT2D eigenvalue weighted by Crippen LogP contribution is 2.22. The molecule has 1 amide bonds. The lowest BCUT2D eigenvalue weighted by Gasteiger charge is -2.04. The number of carbonyl (C=O) groups excluding carboxylic acids is 1. The number of hydrogen-bond donors (Lipinski definition) is 1. The summed E-state index contributed by atoms with van der Waals surface area (Å²) in [5.41, 5.74) is 0.804. The maximum atomic E-state index is 11.8. The lowest BCUT2D eigenvalue weighted by Crippen LogP contribution is -2.22. The van der Waals surface area contributed by atoms with Crippen molar-refractivity contribution < 1.29 is 4.79 Å². The van der Waals surface area contributed by atoms with Gasteiger partial charge in [0.2, 0.25) is 0 Å². The number of aromatic nitrogens is 2. The Kier molecular flexibility index (Phi) is 3.86. The minimum absolute atomic E-state index is 0.0943. The predicted octanol–water partition coefficient (Wildman–Crippen LogP) is 2.54. The summed E-state index contributed by atoms with van der Waals surface area (Å²) < 4.78 is 0.818. The minimum atomic E-state index is -0.0943. The van der Waals surface area contributed by atoms with Gasteiger partial charge in [-0.25, -0.2) is 9.97 Å². The van der Waals surface area contributed by atoms with Crippen LogP contribution < -0.4 is 5.32 Å². The van der Waals surface area contributed by atoms with Gasteiger partial charge in [0.15, 0.2) is 0 Å². The second-order valence-corrected chi connectivity index (χ2v) is 5.15. The Balaban J connectivity index is 1.99. The Bertz CT molecular complexity index is 541. The third kappa shape index (κ3) is 3.10. The lowest BCUT2D eigenvalue weighted by molar-refractivity contribution is 0.0953. The predicted molar refractivity (Wildman–Crippen MR) is 70.0 cm³/mol. The average Bonchev–Trinajstić information content (AvgIpc) is 2.72. The fourth-order valence-corrected chi connectivity index (χ4v) is 2.78. The number of thiophene rings is 1. The van der Waals surface area contributed by atoms with E-state index in [1.165, 1.54) is 11.3 Å². The SMILES string of the molecule is Cc1nccc(CNC(=O)c2sccc2Br)n1. The molecule has 2 rings (SSSR count). The summed E-state index contributed by atoms with van der Waals surface area (Å²) in [7, 11) is 0. The molecular weight excluding hydrogens is 302 g/mol. The van der Waals surface area contributed by atoms with E-state index in [4.69, 9.17) is 0 Å². The van der Waals surface area contributed by atoms with Crippen molar-refractivity contribution in [2.45, 2.75) is 13.5 Å². The molecule has 0 fully saturated rings. The van der Waals surface area contributed by atoms with Gasteiger partial charge in [0, 0.05) is 10.7 Å². The zero-order chi connectivity index (χ0) is 12.3. The van der Waals surface area contributed by atoms with Crippen LogP contribution in [0.3, 0.4) is 0 Å². The van der Waals surface area contributed by atoms with Gasteiger partial charge in [-0.1, -0.05) is 0 Å². The normalized spacial score (nSPS) is 10.2. The molecule has 0 bridgehead atoms. The van der Waals surface area contributed by atoms with Crippen LogP contribution in [-0.2, 0) is 6.54 Å². The smallest absolute Gasteiger partial charge is 0.262 e. The van der Waals surface area contributed by atoms with Crippen molar-refractivity contribution in [2.75, 3.05) is 0 Å². The summed E-state index contributed by atoms with van der Waals surface area (Å²) in [6.07, 6.45) is 1.69. The molecule has 1 N–H and O–H groups in total. The quantitative estimate of drug-likeness (QED) is 0.947. The maximum Gasteiger partial charge on any atom is 0.262 e. The highest BCUT2D eigenvalue weighted by atomic mass is 79.9. The molecule has 0 unspecified atom stereocenters. The standard InChI is InChI=1S/C11H10BrN3OS/c1-7-13-4-2-8(15-7)6-14-11(16)10-9(12)3-5-17-10/h2-5H,6H2,1H3,(H,14,16). The summed E-state index contributed by atoms with van der Waals surface area (Å²) in [5, 5.41) is 4.69. The molecule has 0 spiro atoms. The molecule has 2 aromatic heterocycles. The van der Waals surface area contributed by atoms with E-state index in [1.807, 2.05) is 18.4 Å². The van der Waals surface area contributed by atoms with Crippen LogP contribution in [0.15, 0.2) is 28.2 Å². The van der Waals surface area contributed by atoms with Gasteiger partial charge in [-0.3, -0.25) is 4.79 Å². The van der Waals surface area contributed by atoms with Crippen LogP contribution >= 0.6 is 27.3 Å². The summed E-state index contributed by atoms with van der Waals surface area (Å²) in [5.74, 6) is 0.609. The zero-order valence-corrected chi connectivity index (χ0v) is 11.5. The lowest BCUT2D eigenvalue weighted by atomic mass is 10.3. The third-order valence-corrected chi connectivity index (χ3v) is 3.92. The number of hydrogen-bond acceptors (Lipinski definition) is 4. The van der Waals surface area contributed by atoms with E-state index in [2.05, 4.69) is 31.2 Å². The molecule has 0 saturated carbocycles. The topological polar surface area (TPSA) is 54.9 Å². The Morgan fingerprint density at radius 1 is 1.53 bits per heavy atom. The number of halogens is 1. The van der Waals surface area contributed by atoms with Crippen LogP contribution in [0.2, 0.25) is 0 Å². The Morgan fingerprint density at radius 2 is 2.35 bits per heavy atom. The molecule has 0 atom stereocenters. The van der Waals surface area contributed by atoms with E-state index in [0.29, 0.717) is 17.2 Å². The molecule has 6 heteroatoms. The first-order chi connectivity index (χ1) is 8.16. The van der Waals surface area contributed by atoms with Gasteiger partial charge in [0.05, 0.1) is 12.2 Å². The molecule has 0 aromatic carbocycles. The third-order valence-electron chi connectivity index (χ3n) is 2.09. The molecule has 0 aliphatic heterocycles. The molecule has 0 radical (unpaired) electrons. The summed E-state index contributed by atoms with van der Waals surface area (Å²) >= 11 is 4.73. The van der Waals surface area contributed by atoms with Gasteiger partial charge in [0.1, 0.15) is 10.7 Å². The van der Waals surface area contributed by atoms with Gasteiger partial charge in [-0.05, 0) is 40.4 Å². The molecule has 0 aliphatic carbocycles. The molecule has 88 valence electrons. The van der Waals surface area contributed by atoms with Crippen molar-refractivity contribution >= 4 is 33.2 Å². The number of rotatable bonds is 3. The van der Waals surface area contributed by atoms with Gasteiger partial charge in [-0.15, -0.1) is 11.3 Å². The molecule has 0 saturated heterocycles. The Hall–Kier alpha value is -1.27. The fourth-order valence-electron chi connectivity index (χ4n) is 1.31. The number of nitrogens with one attached hydrogen (secondary N) is 1. The first kappa shape index (κ1) is 12.2. The average molecular weight is 312 g/mol. The van der Waals surface area contributed by atoms with Crippen LogP contribution in [0.5, 0.6) is 0 Å². The molecule has 0 aliphatic rings. The minimum Gasteiger partial charge on any atom is -0.346 e. The largest absolute Gasteiger partial charge is 0.346 e. The van der Waals surface area contributed by atoms with E-state index < -0.39 is 0 Å². The highest BCUT2D eigenvalue weighted by molar-refractivity contribution is 9.10. The second kappa shape index (κ2) is 5.37. The summed E-state index contributed by atoms with van der Waals surface area (Å²) in [6, 6.07) is 3.64. The molecule has 2 aromatic rings. The van der Waals surface area contributed by atoms with Crippen LogP contribution in [0.1, 0.15) is 21.2 Å². The van der Waals surface area contributed by atoms with Crippen molar-refractivity contribution in [3.05, 3.63) is 44.6 Å². The van der Waals surface area contributed by atoms with Crippen LogP contribution in [0.4, 0.5) is 0 Å². The van der Waals surface area contributed by atoms with E-state index in [-0.39, 0.29) is 5.91 Å². The number of nitrogens with zero attached hydrogens (tertiary/aromatic N) is 2. The number of amides is 1. The van der Waals surface area contributed by atoms with Gasteiger partial charge >= 0.3 is 0 Å². The molecular formula is C11H10BrN3OS. The van der Waals surface area contributed by atoms with Crippen molar-refractivity contribution in [3.8, 4) is 0 Å². The number of carbonyl (C=O) groups is 1. The second-order valence-electron chi connectivity index (χ2n) is 3.38. The highest BCUT2D eigenvalue weighted by Gasteiger charge is 2.10. The zero-order valence-electron chi connectivity index (χ0n) is 9.11. The summed E-state index contributed by atoms with van der Waals surface area (Å²) in [4.78, 5) is 20.7. The first-order valence-corrected chi connectivity index (χ1v) is 6.64. The van der Waals surface area contributed by atoms with Gasteiger partial charge < -0.3 is 5.32 Å². The maximum absolute atomic E-state index is 11.8. The van der Waals surface area contributed by atoms with Crippen LogP contribution in [0, 0.1) is 6.92 Å². The summed E-state index contributed by atoms with van der Waals surface area (Å²) in [6.45, 7) is 2.23. The molecule has 2 heterocycles. The van der Waals surface area contributed by atoms with Crippen LogP contribution in [0.25, 0.3) is 0 Å². The van der Waals surface area contributed by atoms with Crippen molar-refractivity contribution in [1.29, 1.82) is 0 Å². The molecule has 4 nitrogen and oxygen atoms in total. The monoisotopic (exact) mass is 311 g/mol. The van der Waals surface area contributed by atoms with E-state index in [9.17, 15) is 4.79 Å². The van der Waals surface area contributed by atoms with Crippen LogP contribution in [-0.4, -0.2) is 15.9 Å². The first-order valence-electron chi connectivity index (χ1n) is 4.96. The Morgan fingerprint density at radius 3 is 3.00 bits per heavy atom. The van der Waals surface area contributed by atoms with E-state index >= 15 is 0 Å². The van der Waals surface area contributed by atoms with E-state index in [1.54, 1.807) is 12.3 Å². The Labute approximate surface area is 111 Å². The van der Waals surface area contributed by atoms with Crippen molar-refractivity contribution in [2.24, 2.45) is 0 Å². The number of aryl methyl sites for hydroxylation is 1. The van der Waals surface area contributed by atoms with Crippen molar-refractivity contribution in [3.63, 3.8) is 0 Å². The van der Waals surface area contributed by atoms with Crippen molar-refractivity contribution in [1.82, 2.24) is 15.3 Å². The fraction of sp³-hybridized carbons (Fsp3) is 0.182. The molecule has 17 heavy (non-hydrogen) atoms. The van der Waals surface area contributed by atoms with Gasteiger partial charge in [-0.2, -0.15) is 0 Å². The van der Waals surface area contributed by atoms with Gasteiger partial charge in [0.25, 0.3) is 5.91 Å². The van der Waals surface area contributed by atoms with E-state index in [0.717, 1.165) is 10.2 Å².